The number of rotatable bonds is 1. The Kier molecular flexibility index (Phi) is 2.96. The average molecular weight is 216 g/mol. The first-order valence-electron chi connectivity index (χ1n) is 5.43. The zero-order chi connectivity index (χ0) is 10.2. The quantitative estimate of drug-likeness (QED) is 0.679. The third-order valence-corrected chi connectivity index (χ3v) is 5.45. The fourth-order valence-corrected chi connectivity index (χ4v) is 3.28. The number of hydrogen-bond donors (Lipinski definition) is 1. The van der Waals surface area contributed by atoms with Gasteiger partial charge in [-0.15, -0.1) is 0 Å². The lowest BCUT2D eigenvalue weighted by molar-refractivity contribution is 0.152. The van der Waals surface area contributed by atoms with Gasteiger partial charge >= 0.3 is 0 Å². The number of nitrogens with one attached hydrogen (secondary N) is 1. The highest BCUT2D eigenvalue weighted by atomic mass is 32.2. The highest BCUT2D eigenvalue weighted by Crippen LogP contribution is 2.23. The minimum absolute atomic E-state index is 0.0198. The van der Waals surface area contributed by atoms with Gasteiger partial charge in [0.25, 0.3) is 0 Å². The lowest BCUT2D eigenvalue weighted by atomic mass is 10.1. The predicted octanol–water partition coefficient (Wildman–Crippen LogP) is 0.191. The Morgan fingerprint density at radius 2 is 2.07 bits per heavy atom. The molecular weight excluding hydrogens is 196 g/mol. The molecule has 2 aliphatic rings. The summed E-state index contributed by atoms with van der Waals surface area (Å²) in [6.07, 6.45) is 1.07. The van der Waals surface area contributed by atoms with E-state index in [4.69, 9.17) is 0 Å². The van der Waals surface area contributed by atoms with Crippen LogP contribution in [0, 0.1) is 0 Å². The molecule has 1 unspecified atom stereocenters. The van der Waals surface area contributed by atoms with E-state index in [-0.39, 0.29) is 4.75 Å². The maximum absolute atomic E-state index is 11.9. The third-order valence-electron chi connectivity index (χ3n) is 3.46. The van der Waals surface area contributed by atoms with Gasteiger partial charge in [-0.25, -0.2) is 0 Å². The van der Waals surface area contributed by atoms with Crippen molar-refractivity contribution >= 4 is 10.8 Å². The third kappa shape index (κ3) is 2.02. The summed E-state index contributed by atoms with van der Waals surface area (Å²) >= 11 is 0. The molecule has 0 aliphatic carbocycles. The molecule has 1 atom stereocenters. The summed E-state index contributed by atoms with van der Waals surface area (Å²) in [5, 5.41) is 3.29. The van der Waals surface area contributed by atoms with Gasteiger partial charge in [-0.05, 0) is 26.8 Å². The minimum Gasteiger partial charge on any atom is -0.314 e. The molecule has 0 saturated carbocycles. The molecule has 0 aromatic heterocycles. The van der Waals surface area contributed by atoms with E-state index in [1.807, 2.05) is 0 Å². The van der Waals surface area contributed by atoms with Gasteiger partial charge in [0.15, 0.2) is 0 Å². The van der Waals surface area contributed by atoms with E-state index < -0.39 is 10.8 Å². The van der Waals surface area contributed by atoms with Crippen LogP contribution in [0.3, 0.4) is 0 Å². The Balaban J connectivity index is 1.96. The Hall–Kier alpha value is 0.0700. The monoisotopic (exact) mass is 216 g/mol. The molecule has 2 saturated heterocycles. The molecule has 0 amide bonds. The number of hydrogen-bond acceptors (Lipinski definition) is 3. The fourth-order valence-electron chi connectivity index (χ4n) is 2.01. The molecule has 2 rings (SSSR count). The van der Waals surface area contributed by atoms with Crippen molar-refractivity contribution in [2.75, 3.05) is 31.9 Å². The predicted molar refractivity (Wildman–Crippen MR) is 59.9 cm³/mol. The summed E-state index contributed by atoms with van der Waals surface area (Å²) in [4.78, 5) is 2.50. The molecule has 82 valence electrons. The maximum Gasteiger partial charge on any atom is 0.0415 e. The van der Waals surface area contributed by atoms with Gasteiger partial charge in [0.05, 0.1) is 0 Å². The molecule has 1 N–H and O–H groups in total. The topological polar surface area (TPSA) is 32.3 Å². The van der Waals surface area contributed by atoms with Gasteiger partial charge in [-0.3, -0.25) is 9.11 Å². The van der Waals surface area contributed by atoms with Crippen LogP contribution >= 0.6 is 0 Å². The standard InChI is InChI=1S/C10H20N2OS/c1-10(2)3-4-12(5-6-14(10)13)9-7-11-8-9/h9,11H,3-8H2,1-2H3. The van der Waals surface area contributed by atoms with Crippen molar-refractivity contribution in [3.8, 4) is 0 Å². The molecule has 2 heterocycles. The van der Waals surface area contributed by atoms with Gasteiger partial charge in [0, 0.05) is 47.0 Å². The van der Waals surface area contributed by atoms with Crippen LogP contribution in [0.1, 0.15) is 20.3 Å². The second-order valence-electron chi connectivity index (χ2n) is 4.91. The Morgan fingerprint density at radius 1 is 1.36 bits per heavy atom. The van der Waals surface area contributed by atoms with Crippen LogP contribution in [-0.4, -0.2) is 51.8 Å². The van der Waals surface area contributed by atoms with E-state index in [0.717, 1.165) is 38.4 Å². The van der Waals surface area contributed by atoms with Crippen LogP contribution in [0.15, 0.2) is 0 Å². The van der Waals surface area contributed by atoms with Crippen LogP contribution in [0.25, 0.3) is 0 Å². The average Bonchev–Trinajstić information content (AvgIpc) is 2.15. The normalized spacial score (nSPS) is 34.9. The van der Waals surface area contributed by atoms with E-state index in [1.54, 1.807) is 0 Å². The Labute approximate surface area is 88.7 Å². The van der Waals surface area contributed by atoms with Crippen molar-refractivity contribution in [3.05, 3.63) is 0 Å². The first-order chi connectivity index (χ1) is 6.59. The van der Waals surface area contributed by atoms with Gasteiger partial charge in [0.1, 0.15) is 0 Å². The first kappa shape index (κ1) is 10.6. The lowest BCUT2D eigenvalue weighted by Gasteiger charge is -2.37. The van der Waals surface area contributed by atoms with Gasteiger partial charge in [-0.2, -0.15) is 0 Å². The largest absolute Gasteiger partial charge is 0.314 e. The van der Waals surface area contributed by atoms with E-state index in [2.05, 4.69) is 24.1 Å². The molecule has 0 radical (unpaired) electrons. The Bertz CT molecular complexity index is 238. The molecule has 0 bridgehead atoms. The Morgan fingerprint density at radius 3 is 2.64 bits per heavy atom. The molecule has 0 aromatic rings. The molecule has 0 aromatic carbocycles. The van der Waals surface area contributed by atoms with Gasteiger partial charge in [-0.1, -0.05) is 0 Å². The van der Waals surface area contributed by atoms with E-state index in [0.29, 0.717) is 6.04 Å². The molecule has 4 heteroatoms. The van der Waals surface area contributed by atoms with Crippen molar-refractivity contribution in [1.29, 1.82) is 0 Å². The van der Waals surface area contributed by atoms with E-state index in [1.165, 1.54) is 0 Å². The summed E-state index contributed by atoms with van der Waals surface area (Å²) in [6.45, 7) is 8.63. The van der Waals surface area contributed by atoms with E-state index >= 15 is 0 Å². The van der Waals surface area contributed by atoms with Gasteiger partial charge in [0.2, 0.25) is 0 Å². The van der Waals surface area contributed by atoms with Crippen molar-refractivity contribution in [2.24, 2.45) is 0 Å². The van der Waals surface area contributed by atoms with Crippen molar-refractivity contribution in [3.63, 3.8) is 0 Å². The molecule has 0 spiro atoms. The van der Waals surface area contributed by atoms with Crippen molar-refractivity contribution in [1.82, 2.24) is 10.2 Å². The number of nitrogens with zero attached hydrogens (tertiary/aromatic N) is 1. The van der Waals surface area contributed by atoms with Crippen LogP contribution in [0.4, 0.5) is 0 Å². The SMILES string of the molecule is CC1(C)CCN(C2CNC2)CCS1=O. The second kappa shape index (κ2) is 3.91. The van der Waals surface area contributed by atoms with E-state index in [9.17, 15) is 4.21 Å². The highest BCUT2D eigenvalue weighted by Gasteiger charge is 2.33. The molecule has 2 aliphatic heterocycles. The summed E-state index contributed by atoms with van der Waals surface area (Å²) in [5.74, 6) is 0.851. The summed E-state index contributed by atoms with van der Waals surface area (Å²) in [7, 11) is -0.645. The highest BCUT2D eigenvalue weighted by molar-refractivity contribution is 7.86. The smallest absolute Gasteiger partial charge is 0.0415 e. The van der Waals surface area contributed by atoms with Crippen molar-refractivity contribution in [2.45, 2.75) is 31.1 Å². The minimum atomic E-state index is -0.645. The summed E-state index contributed by atoms with van der Waals surface area (Å²) < 4.78 is 11.9. The van der Waals surface area contributed by atoms with Crippen LogP contribution in [0.5, 0.6) is 0 Å². The molecule has 14 heavy (non-hydrogen) atoms. The molecule has 3 nitrogen and oxygen atoms in total. The molecule has 2 fully saturated rings. The van der Waals surface area contributed by atoms with Crippen molar-refractivity contribution < 1.29 is 4.21 Å². The fraction of sp³-hybridized carbons (Fsp3) is 1.00. The molecular formula is C10H20N2OS. The first-order valence-corrected chi connectivity index (χ1v) is 6.75. The van der Waals surface area contributed by atoms with Crippen LogP contribution < -0.4 is 5.32 Å². The zero-order valence-corrected chi connectivity index (χ0v) is 9.90. The van der Waals surface area contributed by atoms with Crippen LogP contribution in [-0.2, 0) is 10.8 Å². The lowest BCUT2D eigenvalue weighted by Crippen LogP contribution is -2.57. The zero-order valence-electron chi connectivity index (χ0n) is 9.08. The van der Waals surface area contributed by atoms with Gasteiger partial charge < -0.3 is 5.32 Å². The summed E-state index contributed by atoms with van der Waals surface area (Å²) in [6, 6.07) is 0.709. The summed E-state index contributed by atoms with van der Waals surface area (Å²) in [5.41, 5.74) is 0. The maximum atomic E-state index is 11.9. The second-order valence-corrected chi connectivity index (χ2v) is 7.11. The van der Waals surface area contributed by atoms with Crippen LogP contribution in [0.2, 0.25) is 0 Å².